The van der Waals surface area contributed by atoms with Crippen LogP contribution in [0.4, 0.5) is 17.6 Å². The highest BCUT2D eigenvalue weighted by molar-refractivity contribution is 5.77. The first kappa shape index (κ1) is 18.5. The lowest BCUT2D eigenvalue weighted by molar-refractivity contribution is -0.274. The van der Waals surface area contributed by atoms with Crippen LogP contribution in [-0.4, -0.2) is 26.1 Å². The summed E-state index contributed by atoms with van der Waals surface area (Å²) in [7, 11) is 0. The summed E-state index contributed by atoms with van der Waals surface area (Å²) in [5.41, 5.74) is 0.476. The molecule has 1 aliphatic carbocycles. The lowest BCUT2D eigenvalue weighted by Gasteiger charge is -2.19. The third-order valence-corrected chi connectivity index (χ3v) is 4.67. The van der Waals surface area contributed by atoms with E-state index in [1.165, 1.54) is 28.9 Å². The molecule has 6 nitrogen and oxygen atoms in total. The normalized spacial score (nSPS) is 15.8. The Morgan fingerprint density at radius 1 is 1.29 bits per heavy atom. The number of halogens is 4. The summed E-state index contributed by atoms with van der Waals surface area (Å²) in [5, 5.41) is 4.37. The van der Waals surface area contributed by atoms with Gasteiger partial charge < -0.3 is 9.72 Å². The second kappa shape index (κ2) is 6.61. The number of hydrogen-bond acceptors (Lipinski definition) is 4. The van der Waals surface area contributed by atoms with Gasteiger partial charge in [0.1, 0.15) is 29.3 Å². The molecular weight excluding hydrogens is 380 g/mol. The predicted octanol–water partition coefficient (Wildman–Crippen LogP) is 3.80. The lowest BCUT2D eigenvalue weighted by atomic mass is 10.0. The van der Waals surface area contributed by atoms with Crippen LogP contribution in [0.25, 0.3) is 11.0 Å². The minimum Gasteiger partial charge on any atom is -0.406 e. The van der Waals surface area contributed by atoms with Gasteiger partial charge in [-0.2, -0.15) is 5.10 Å². The first-order chi connectivity index (χ1) is 13.3. The second-order valence-corrected chi connectivity index (χ2v) is 6.77. The van der Waals surface area contributed by atoms with E-state index in [-0.39, 0.29) is 34.4 Å². The van der Waals surface area contributed by atoms with Crippen molar-refractivity contribution in [2.75, 3.05) is 0 Å². The van der Waals surface area contributed by atoms with Crippen LogP contribution in [0.15, 0.2) is 29.1 Å². The fourth-order valence-corrected chi connectivity index (χ4v) is 3.40. The smallest absolute Gasteiger partial charge is 0.406 e. The number of H-pyrrole nitrogens is 1. The zero-order valence-electron chi connectivity index (χ0n) is 14.8. The Balaban J connectivity index is 1.80. The minimum absolute atomic E-state index is 0.00794. The molecule has 10 heteroatoms. The minimum atomic E-state index is -4.77. The van der Waals surface area contributed by atoms with Gasteiger partial charge in [0, 0.05) is 0 Å². The van der Waals surface area contributed by atoms with E-state index in [4.69, 9.17) is 0 Å². The number of nitrogens with zero attached hydrogens (tertiary/aromatic N) is 3. The Hall–Kier alpha value is -2.91. The fourth-order valence-electron chi connectivity index (χ4n) is 3.40. The summed E-state index contributed by atoms with van der Waals surface area (Å²) in [6, 6.07) is 5.13. The Morgan fingerprint density at radius 3 is 2.54 bits per heavy atom. The van der Waals surface area contributed by atoms with Crippen LogP contribution >= 0.6 is 0 Å². The van der Waals surface area contributed by atoms with Crippen molar-refractivity contribution in [3.63, 3.8) is 0 Å². The molecule has 1 saturated carbocycles. The third-order valence-electron chi connectivity index (χ3n) is 4.67. The van der Waals surface area contributed by atoms with Crippen molar-refractivity contribution in [3.8, 4) is 5.75 Å². The van der Waals surface area contributed by atoms with Crippen molar-refractivity contribution in [1.82, 2.24) is 19.7 Å². The monoisotopic (exact) mass is 396 g/mol. The average molecular weight is 396 g/mol. The van der Waals surface area contributed by atoms with Crippen LogP contribution < -0.4 is 10.3 Å². The summed E-state index contributed by atoms with van der Waals surface area (Å²) in [4.78, 5) is 19.2. The lowest BCUT2D eigenvalue weighted by Crippen LogP contribution is -2.18. The third kappa shape index (κ3) is 3.46. The second-order valence-electron chi connectivity index (χ2n) is 6.77. The van der Waals surface area contributed by atoms with Crippen molar-refractivity contribution >= 4 is 11.0 Å². The molecule has 0 saturated heterocycles. The molecule has 2 aromatic heterocycles. The summed E-state index contributed by atoms with van der Waals surface area (Å²) in [6.07, 6.45) is -2.99. The van der Waals surface area contributed by atoms with E-state index < -0.39 is 18.6 Å². The highest BCUT2D eigenvalue weighted by Crippen LogP contribution is 2.44. The number of benzene rings is 1. The standard InChI is InChI=1S/C18H16F4N4O2/c1-9-23-16-14(17(27)24-9)13(8-19)25-26(16)15(10-2-3-10)11-4-6-12(7-5-11)28-18(20,21)22/h4-7,10,15H,2-3,8H2,1H3,(H,23,24,27). The van der Waals surface area contributed by atoms with Gasteiger partial charge in [-0.25, -0.2) is 14.1 Å². The number of aromatic nitrogens is 4. The van der Waals surface area contributed by atoms with Crippen LogP contribution in [-0.2, 0) is 6.67 Å². The number of nitrogens with one attached hydrogen (secondary N) is 1. The molecular formula is C18H16F4N4O2. The molecule has 0 spiro atoms. The summed E-state index contributed by atoms with van der Waals surface area (Å²) in [6.45, 7) is 0.690. The number of alkyl halides is 4. The van der Waals surface area contributed by atoms with E-state index in [0.717, 1.165) is 12.8 Å². The molecule has 4 rings (SSSR count). The van der Waals surface area contributed by atoms with Crippen molar-refractivity contribution in [2.45, 2.75) is 38.8 Å². The van der Waals surface area contributed by atoms with E-state index in [1.807, 2.05) is 0 Å². The Morgan fingerprint density at radius 2 is 1.96 bits per heavy atom. The Kier molecular flexibility index (Phi) is 4.35. The molecule has 1 fully saturated rings. The summed E-state index contributed by atoms with van der Waals surface area (Å²) in [5.74, 6) is 0.213. The topological polar surface area (TPSA) is 72.8 Å². The first-order valence-corrected chi connectivity index (χ1v) is 8.66. The number of fused-ring (bicyclic) bond motifs is 1. The van der Waals surface area contributed by atoms with Crippen molar-refractivity contribution in [2.24, 2.45) is 5.92 Å². The predicted molar refractivity (Wildman–Crippen MR) is 91.7 cm³/mol. The van der Waals surface area contributed by atoms with Crippen molar-refractivity contribution in [1.29, 1.82) is 0 Å². The Bertz CT molecular complexity index is 1070. The molecule has 0 aliphatic heterocycles. The number of ether oxygens (including phenoxy) is 1. The molecule has 0 bridgehead atoms. The molecule has 1 unspecified atom stereocenters. The summed E-state index contributed by atoms with van der Waals surface area (Å²) >= 11 is 0. The van der Waals surface area contributed by atoms with E-state index in [2.05, 4.69) is 19.8 Å². The molecule has 1 N–H and O–H groups in total. The molecule has 148 valence electrons. The van der Waals surface area contributed by atoms with Gasteiger partial charge in [-0.3, -0.25) is 4.79 Å². The fraction of sp³-hybridized carbons (Fsp3) is 0.389. The molecule has 28 heavy (non-hydrogen) atoms. The molecule has 0 amide bonds. The van der Waals surface area contributed by atoms with Gasteiger partial charge in [-0.1, -0.05) is 12.1 Å². The van der Waals surface area contributed by atoms with E-state index in [1.54, 1.807) is 6.92 Å². The number of aryl methyl sites for hydroxylation is 1. The van der Waals surface area contributed by atoms with Gasteiger partial charge in [0.05, 0.1) is 6.04 Å². The van der Waals surface area contributed by atoms with Crippen molar-refractivity contribution in [3.05, 3.63) is 51.7 Å². The van der Waals surface area contributed by atoms with Crippen LogP contribution in [0, 0.1) is 12.8 Å². The number of rotatable bonds is 5. The zero-order valence-corrected chi connectivity index (χ0v) is 14.8. The molecule has 1 aromatic carbocycles. The quantitative estimate of drug-likeness (QED) is 0.666. The molecule has 0 radical (unpaired) electrons. The Labute approximate surface area is 156 Å². The van der Waals surface area contributed by atoms with Gasteiger partial charge in [0.25, 0.3) is 5.56 Å². The highest BCUT2D eigenvalue weighted by atomic mass is 19.4. The SMILES string of the molecule is Cc1nc2c(c(CF)nn2C(c2ccc(OC(F)(F)F)cc2)C2CC2)c(=O)[nH]1. The van der Waals surface area contributed by atoms with Crippen LogP contribution in [0.1, 0.15) is 36.0 Å². The summed E-state index contributed by atoms with van der Waals surface area (Å²) < 4.78 is 56.0. The van der Waals surface area contributed by atoms with Gasteiger partial charge in [-0.15, -0.1) is 13.2 Å². The van der Waals surface area contributed by atoms with Crippen LogP contribution in [0.5, 0.6) is 5.75 Å². The maximum Gasteiger partial charge on any atom is 0.573 e. The van der Waals surface area contributed by atoms with E-state index >= 15 is 0 Å². The van der Waals surface area contributed by atoms with E-state index in [0.29, 0.717) is 11.4 Å². The van der Waals surface area contributed by atoms with Gasteiger partial charge in [0.2, 0.25) is 0 Å². The largest absolute Gasteiger partial charge is 0.573 e. The van der Waals surface area contributed by atoms with Gasteiger partial charge in [-0.05, 0) is 43.4 Å². The maximum atomic E-state index is 13.5. The highest BCUT2D eigenvalue weighted by Gasteiger charge is 2.37. The molecule has 3 aromatic rings. The molecule has 2 heterocycles. The first-order valence-electron chi connectivity index (χ1n) is 8.66. The van der Waals surface area contributed by atoms with Crippen molar-refractivity contribution < 1.29 is 22.3 Å². The van der Waals surface area contributed by atoms with Gasteiger partial charge in [0.15, 0.2) is 5.65 Å². The van der Waals surface area contributed by atoms with Crippen LogP contribution in [0.2, 0.25) is 0 Å². The van der Waals surface area contributed by atoms with Gasteiger partial charge >= 0.3 is 6.36 Å². The molecule has 1 aliphatic rings. The van der Waals surface area contributed by atoms with E-state index in [9.17, 15) is 22.4 Å². The zero-order chi connectivity index (χ0) is 20.1. The maximum absolute atomic E-state index is 13.5. The number of aromatic amines is 1. The molecule has 1 atom stereocenters. The number of hydrogen-bond donors (Lipinski definition) is 1. The average Bonchev–Trinajstić information content (AvgIpc) is 3.37. The van der Waals surface area contributed by atoms with Crippen LogP contribution in [0.3, 0.4) is 0 Å².